The average molecular weight is 260 g/mol. The minimum Gasteiger partial charge on any atom is -0.356 e. The van der Waals surface area contributed by atoms with Crippen molar-refractivity contribution in [3.8, 4) is 0 Å². The molecule has 0 aliphatic heterocycles. The Morgan fingerprint density at radius 1 is 1.35 bits per heavy atom. The minimum atomic E-state index is 0.148. The summed E-state index contributed by atoms with van der Waals surface area (Å²) in [6, 6.07) is 0. The van der Waals surface area contributed by atoms with Gasteiger partial charge < -0.3 is 11.1 Å². The Hall–Kier alpha value is -0.220. The molecule has 102 valence electrons. The average Bonchev–Trinajstić information content (AvgIpc) is 2.27. The maximum Gasteiger partial charge on any atom is 0.220 e. The molecule has 2 atom stereocenters. The van der Waals surface area contributed by atoms with Crippen LogP contribution in [0.25, 0.3) is 0 Å². The molecular weight excluding hydrogens is 232 g/mol. The van der Waals surface area contributed by atoms with Gasteiger partial charge in [-0.1, -0.05) is 20.8 Å². The third-order valence-corrected chi connectivity index (χ3v) is 3.93. The summed E-state index contributed by atoms with van der Waals surface area (Å²) in [5.74, 6) is 1.08. The van der Waals surface area contributed by atoms with Gasteiger partial charge in [0.25, 0.3) is 0 Å². The van der Waals surface area contributed by atoms with Crippen molar-refractivity contribution in [1.29, 1.82) is 0 Å². The van der Waals surface area contributed by atoms with E-state index in [1.165, 1.54) is 0 Å². The number of rotatable bonds is 9. The molecule has 0 saturated carbocycles. The summed E-state index contributed by atoms with van der Waals surface area (Å²) >= 11 is 1.83. The summed E-state index contributed by atoms with van der Waals surface area (Å²) in [7, 11) is 0. The maximum atomic E-state index is 11.7. The van der Waals surface area contributed by atoms with Gasteiger partial charge in [-0.2, -0.15) is 11.8 Å². The van der Waals surface area contributed by atoms with Crippen LogP contribution in [0.4, 0.5) is 0 Å². The summed E-state index contributed by atoms with van der Waals surface area (Å²) in [5, 5.41) is 3.59. The first-order chi connectivity index (χ1) is 7.99. The summed E-state index contributed by atoms with van der Waals surface area (Å²) in [6.45, 7) is 7.90. The molecule has 0 bridgehead atoms. The zero-order valence-electron chi connectivity index (χ0n) is 11.7. The SMILES string of the molecule is CSC(C)CCNC(=O)CC(CN)CC(C)C. The van der Waals surface area contributed by atoms with Crippen molar-refractivity contribution in [3.63, 3.8) is 0 Å². The monoisotopic (exact) mass is 260 g/mol. The predicted molar refractivity (Wildman–Crippen MR) is 77.2 cm³/mol. The van der Waals surface area contributed by atoms with Crippen molar-refractivity contribution >= 4 is 17.7 Å². The molecule has 4 heteroatoms. The van der Waals surface area contributed by atoms with Gasteiger partial charge in [-0.25, -0.2) is 0 Å². The van der Waals surface area contributed by atoms with E-state index in [2.05, 4.69) is 32.3 Å². The first-order valence-electron chi connectivity index (χ1n) is 6.49. The van der Waals surface area contributed by atoms with Gasteiger partial charge in [-0.05, 0) is 37.5 Å². The third kappa shape index (κ3) is 9.48. The van der Waals surface area contributed by atoms with Gasteiger partial charge in [-0.3, -0.25) is 4.79 Å². The second kappa shape index (κ2) is 9.77. The molecule has 0 aromatic heterocycles. The molecular formula is C13H28N2OS. The smallest absolute Gasteiger partial charge is 0.220 e. The molecule has 17 heavy (non-hydrogen) atoms. The van der Waals surface area contributed by atoms with Crippen molar-refractivity contribution in [2.75, 3.05) is 19.3 Å². The molecule has 3 N–H and O–H groups in total. The molecule has 0 spiro atoms. The molecule has 0 aromatic carbocycles. The number of nitrogens with two attached hydrogens (primary N) is 1. The van der Waals surface area contributed by atoms with Gasteiger partial charge in [0.2, 0.25) is 5.91 Å². The van der Waals surface area contributed by atoms with Crippen LogP contribution in [0.3, 0.4) is 0 Å². The minimum absolute atomic E-state index is 0.148. The molecule has 2 unspecified atom stereocenters. The molecule has 0 saturated heterocycles. The molecule has 0 fully saturated rings. The Labute approximate surface area is 110 Å². The van der Waals surface area contributed by atoms with E-state index in [1.807, 2.05) is 11.8 Å². The van der Waals surface area contributed by atoms with Crippen LogP contribution >= 0.6 is 11.8 Å². The van der Waals surface area contributed by atoms with Crippen LogP contribution < -0.4 is 11.1 Å². The fraction of sp³-hybridized carbons (Fsp3) is 0.923. The largest absolute Gasteiger partial charge is 0.356 e. The van der Waals surface area contributed by atoms with Crippen molar-refractivity contribution in [3.05, 3.63) is 0 Å². The van der Waals surface area contributed by atoms with Gasteiger partial charge in [0.05, 0.1) is 0 Å². The van der Waals surface area contributed by atoms with Crippen molar-refractivity contribution in [2.45, 2.75) is 45.3 Å². The summed E-state index contributed by atoms with van der Waals surface area (Å²) < 4.78 is 0. The highest BCUT2D eigenvalue weighted by Crippen LogP contribution is 2.14. The summed E-state index contributed by atoms with van der Waals surface area (Å²) in [6.07, 6.45) is 4.73. The number of nitrogens with one attached hydrogen (secondary N) is 1. The van der Waals surface area contributed by atoms with Crippen LogP contribution in [0.2, 0.25) is 0 Å². The number of carbonyl (C=O) groups excluding carboxylic acids is 1. The molecule has 0 rings (SSSR count). The van der Waals surface area contributed by atoms with E-state index in [-0.39, 0.29) is 5.91 Å². The second-order valence-electron chi connectivity index (χ2n) is 5.12. The third-order valence-electron chi connectivity index (χ3n) is 2.89. The first kappa shape index (κ1) is 16.8. The van der Waals surface area contributed by atoms with Gasteiger partial charge in [-0.15, -0.1) is 0 Å². The molecule has 0 aromatic rings. The van der Waals surface area contributed by atoms with Gasteiger partial charge >= 0.3 is 0 Å². The lowest BCUT2D eigenvalue weighted by atomic mass is 9.94. The first-order valence-corrected chi connectivity index (χ1v) is 7.77. The molecule has 3 nitrogen and oxygen atoms in total. The van der Waals surface area contributed by atoms with Crippen LogP contribution in [0.5, 0.6) is 0 Å². The van der Waals surface area contributed by atoms with Crippen molar-refractivity contribution in [2.24, 2.45) is 17.6 Å². The van der Waals surface area contributed by atoms with E-state index in [0.29, 0.717) is 30.1 Å². The fourth-order valence-corrected chi connectivity index (χ4v) is 2.15. The highest BCUT2D eigenvalue weighted by molar-refractivity contribution is 7.99. The quantitative estimate of drug-likeness (QED) is 0.668. The number of hydrogen-bond donors (Lipinski definition) is 2. The molecule has 0 radical (unpaired) electrons. The Morgan fingerprint density at radius 2 is 2.00 bits per heavy atom. The Morgan fingerprint density at radius 3 is 2.47 bits per heavy atom. The van der Waals surface area contributed by atoms with E-state index >= 15 is 0 Å². The van der Waals surface area contributed by atoms with Crippen LogP contribution in [-0.2, 0) is 4.79 Å². The Bertz CT molecular complexity index is 210. The topological polar surface area (TPSA) is 55.1 Å². The lowest BCUT2D eigenvalue weighted by Gasteiger charge is -2.17. The highest BCUT2D eigenvalue weighted by Gasteiger charge is 2.13. The lowest BCUT2D eigenvalue weighted by Crippen LogP contribution is -2.30. The van der Waals surface area contributed by atoms with Crippen molar-refractivity contribution < 1.29 is 4.79 Å². The number of amides is 1. The van der Waals surface area contributed by atoms with Crippen LogP contribution in [-0.4, -0.2) is 30.5 Å². The highest BCUT2D eigenvalue weighted by atomic mass is 32.2. The van der Waals surface area contributed by atoms with E-state index in [1.54, 1.807) is 0 Å². The number of carbonyl (C=O) groups is 1. The number of thioether (sulfide) groups is 1. The standard InChI is InChI=1S/C13H28N2OS/c1-10(2)7-12(9-14)8-13(16)15-6-5-11(3)17-4/h10-12H,5-9,14H2,1-4H3,(H,15,16). The Balaban J connectivity index is 3.75. The van der Waals surface area contributed by atoms with Gasteiger partial charge in [0.15, 0.2) is 0 Å². The molecule has 0 aliphatic carbocycles. The van der Waals surface area contributed by atoms with Gasteiger partial charge in [0, 0.05) is 18.2 Å². The zero-order valence-corrected chi connectivity index (χ0v) is 12.5. The van der Waals surface area contributed by atoms with E-state index < -0.39 is 0 Å². The molecule has 1 amide bonds. The predicted octanol–water partition coefficient (Wildman–Crippen LogP) is 2.26. The number of hydrogen-bond acceptors (Lipinski definition) is 3. The molecule has 0 aliphatic rings. The maximum absolute atomic E-state index is 11.7. The van der Waals surface area contributed by atoms with E-state index in [4.69, 9.17) is 5.73 Å². The van der Waals surface area contributed by atoms with Gasteiger partial charge in [0.1, 0.15) is 0 Å². The zero-order chi connectivity index (χ0) is 13.3. The summed E-state index contributed by atoms with van der Waals surface area (Å²) in [4.78, 5) is 11.7. The van der Waals surface area contributed by atoms with Crippen molar-refractivity contribution in [1.82, 2.24) is 5.32 Å². The Kier molecular flexibility index (Phi) is 9.65. The normalized spacial score (nSPS) is 14.7. The summed E-state index contributed by atoms with van der Waals surface area (Å²) in [5.41, 5.74) is 5.68. The van der Waals surface area contributed by atoms with Crippen LogP contribution in [0.1, 0.15) is 40.0 Å². The van der Waals surface area contributed by atoms with Crippen LogP contribution in [0, 0.1) is 11.8 Å². The molecule has 0 heterocycles. The fourth-order valence-electron chi connectivity index (χ4n) is 1.80. The van der Waals surface area contributed by atoms with E-state index in [0.717, 1.165) is 19.4 Å². The second-order valence-corrected chi connectivity index (χ2v) is 6.40. The van der Waals surface area contributed by atoms with E-state index in [9.17, 15) is 4.79 Å². The lowest BCUT2D eigenvalue weighted by molar-refractivity contribution is -0.122. The van der Waals surface area contributed by atoms with Crippen LogP contribution in [0.15, 0.2) is 0 Å².